The van der Waals surface area contributed by atoms with Gasteiger partial charge in [0.05, 0.1) is 11.9 Å². The van der Waals surface area contributed by atoms with Crippen LogP contribution < -0.4 is 113 Å². The number of hydrogen-bond acceptors (Lipinski definition) is 14. The molecule has 0 rings (SSSR count). The van der Waals surface area contributed by atoms with Gasteiger partial charge in [0.2, 0.25) is 0 Å². The van der Waals surface area contributed by atoms with Crippen LogP contribution in [0.3, 0.4) is 0 Å². The molecule has 20 heteroatoms. The van der Waals surface area contributed by atoms with Crippen molar-refractivity contribution in [3.63, 3.8) is 0 Å². The SMILES string of the molecule is O=C(O)C(O)C(O)C(=O)O.O=C(O)C(O)C(O)C(=O)O.O=C([O-])C(O)C(O)C(=O)[O-].[K+].[K+]. The molecule has 0 amide bonds. The molecule has 0 heterocycles. The van der Waals surface area contributed by atoms with Crippen LogP contribution in [0, 0.1) is 0 Å². The average molecular weight is 526 g/mol. The summed E-state index contributed by atoms with van der Waals surface area (Å²) in [5.41, 5.74) is 0. The third-order valence-corrected chi connectivity index (χ3v) is 2.39. The van der Waals surface area contributed by atoms with Crippen LogP contribution in [0.4, 0.5) is 0 Å². The first-order chi connectivity index (χ1) is 13.4. The van der Waals surface area contributed by atoms with Crippen LogP contribution >= 0.6 is 0 Å². The molecule has 0 fully saturated rings. The standard InChI is InChI=1S/3C4H6O6.2K/c3*5-1(3(7)8)2(6)4(9)10;;/h3*1-2,5-6H,(H,7,8)(H,9,10);;/q;;;2*+1/p-2. The normalized spacial score (nSPS) is 14.8. The van der Waals surface area contributed by atoms with Gasteiger partial charge in [-0.3, -0.25) is 0 Å². The first-order valence-electron chi connectivity index (χ1n) is 6.81. The van der Waals surface area contributed by atoms with Crippen molar-refractivity contribution < 1.29 is 193 Å². The van der Waals surface area contributed by atoms with Crippen molar-refractivity contribution in [1.29, 1.82) is 0 Å². The summed E-state index contributed by atoms with van der Waals surface area (Å²) in [4.78, 5) is 58.4. The van der Waals surface area contributed by atoms with Crippen LogP contribution in [0.1, 0.15) is 0 Å². The van der Waals surface area contributed by atoms with Gasteiger partial charge in [0, 0.05) is 0 Å². The number of carboxylic acids is 6. The van der Waals surface area contributed by atoms with Crippen molar-refractivity contribution in [3.8, 4) is 0 Å². The van der Waals surface area contributed by atoms with Gasteiger partial charge in [-0.05, 0) is 0 Å². The summed E-state index contributed by atoms with van der Waals surface area (Å²) in [6, 6.07) is 0. The van der Waals surface area contributed by atoms with Gasteiger partial charge in [-0.15, -0.1) is 0 Å². The second-order valence-electron chi connectivity index (χ2n) is 4.66. The van der Waals surface area contributed by atoms with Gasteiger partial charge in [-0.25, -0.2) is 19.2 Å². The Kier molecular flexibility index (Phi) is 28.1. The molecule has 10 N–H and O–H groups in total. The monoisotopic (exact) mass is 526 g/mol. The molecule has 0 aromatic carbocycles. The molecule has 6 unspecified atom stereocenters. The van der Waals surface area contributed by atoms with Gasteiger partial charge >= 0.3 is 127 Å². The summed E-state index contributed by atoms with van der Waals surface area (Å²) in [5, 5.41) is 101. The number of carbonyl (C=O) groups excluding carboxylic acids is 2. The number of aliphatic hydroxyl groups is 6. The van der Waals surface area contributed by atoms with Gasteiger partial charge in [0.25, 0.3) is 0 Å². The fourth-order valence-electron chi connectivity index (χ4n) is 0.798. The Morgan fingerprint density at radius 1 is 0.406 bits per heavy atom. The summed E-state index contributed by atoms with van der Waals surface area (Å²) < 4.78 is 0. The van der Waals surface area contributed by atoms with E-state index in [1.54, 1.807) is 0 Å². The Hall–Kier alpha value is -0.147. The zero-order chi connectivity index (χ0) is 24.9. The second kappa shape index (κ2) is 21.4. The number of hydrogen-bond donors (Lipinski definition) is 10. The van der Waals surface area contributed by atoms with E-state index >= 15 is 0 Å². The summed E-state index contributed by atoms with van der Waals surface area (Å²) in [5.74, 6) is -11.2. The fourth-order valence-corrected chi connectivity index (χ4v) is 0.798. The summed E-state index contributed by atoms with van der Waals surface area (Å²) in [7, 11) is 0. The molecule has 0 aromatic rings. The van der Waals surface area contributed by atoms with Crippen LogP contribution in [0.5, 0.6) is 0 Å². The van der Waals surface area contributed by atoms with Crippen molar-refractivity contribution in [1.82, 2.24) is 0 Å². The Morgan fingerprint density at radius 2 is 0.531 bits per heavy atom. The minimum atomic E-state index is -2.44. The minimum Gasteiger partial charge on any atom is -0.547 e. The second-order valence-corrected chi connectivity index (χ2v) is 4.66. The van der Waals surface area contributed by atoms with E-state index in [4.69, 9.17) is 51.1 Å². The van der Waals surface area contributed by atoms with Crippen molar-refractivity contribution in [2.24, 2.45) is 0 Å². The van der Waals surface area contributed by atoms with E-state index in [0.717, 1.165) is 0 Å². The van der Waals surface area contributed by atoms with Crippen LogP contribution in [-0.2, 0) is 28.8 Å². The summed E-state index contributed by atoms with van der Waals surface area (Å²) in [6.07, 6.45) is -13.9. The van der Waals surface area contributed by atoms with Crippen molar-refractivity contribution in [3.05, 3.63) is 0 Å². The number of aliphatic hydroxyl groups excluding tert-OH is 6. The van der Waals surface area contributed by atoms with E-state index in [1.807, 2.05) is 0 Å². The Balaban J connectivity index is -0.000000110. The first kappa shape index (κ1) is 42.0. The van der Waals surface area contributed by atoms with Gasteiger partial charge in [0.1, 0.15) is 12.2 Å². The van der Waals surface area contributed by atoms with E-state index in [2.05, 4.69) is 0 Å². The van der Waals surface area contributed by atoms with Crippen molar-refractivity contribution >= 4 is 35.8 Å². The predicted molar refractivity (Wildman–Crippen MR) is 76.6 cm³/mol. The molecule has 6 atom stereocenters. The number of aliphatic carboxylic acids is 6. The van der Waals surface area contributed by atoms with Gasteiger partial charge in [0.15, 0.2) is 24.4 Å². The summed E-state index contributed by atoms with van der Waals surface area (Å²) in [6.45, 7) is 0. The van der Waals surface area contributed by atoms with Crippen molar-refractivity contribution in [2.75, 3.05) is 0 Å². The maximum Gasteiger partial charge on any atom is 1.00 e. The fraction of sp³-hybridized carbons (Fsp3) is 0.500. The molecule has 0 aromatic heterocycles. The molecule has 0 aliphatic carbocycles. The molecule has 174 valence electrons. The molecule has 0 aliphatic heterocycles. The number of carboxylic acid groups (broad SMARTS) is 6. The molecule has 0 saturated heterocycles. The maximum absolute atomic E-state index is 9.77. The quantitative estimate of drug-likeness (QED) is 0.125. The van der Waals surface area contributed by atoms with E-state index in [9.17, 15) is 39.0 Å². The third kappa shape index (κ3) is 19.3. The molecule has 0 saturated carbocycles. The third-order valence-electron chi connectivity index (χ3n) is 2.39. The van der Waals surface area contributed by atoms with Gasteiger partial charge in [-0.2, -0.15) is 0 Å². The van der Waals surface area contributed by atoms with Crippen LogP contribution in [0.2, 0.25) is 0 Å². The van der Waals surface area contributed by atoms with Crippen molar-refractivity contribution in [2.45, 2.75) is 36.6 Å². The Morgan fingerprint density at radius 3 is 0.594 bits per heavy atom. The largest absolute Gasteiger partial charge is 1.00 e. The molecular weight excluding hydrogens is 510 g/mol. The minimum absolute atomic E-state index is 0. The van der Waals surface area contributed by atoms with Crippen LogP contribution in [0.15, 0.2) is 0 Å². The van der Waals surface area contributed by atoms with E-state index in [-0.39, 0.29) is 103 Å². The van der Waals surface area contributed by atoms with E-state index < -0.39 is 72.4 Å². The summed E-state index contributed by atoms with van der Waals surface area (Å²) >= 11 is 0. The Labute approximate surface area is 261 Å². The molecule has 0 bridgehead atoms. The molecule has 0 spiro atoms. The smallest absolute Gasteiger partial charge is 0.547 e. The Bertz CT molecular complexity index is 498. The average Bonchev–Trinajstić information content (AvgIpc) is 2.64. The number of rotatable bonds is 9. The van der Waals surface area contributed by atoms with Gasteiger partial charge in [-0.1, -0.05) is 0 Å². The zero-order valence-electron chi connectivity index (χ0n) is 16.2. The van der Waals surface area contributed by atoms with E-state index in [0.29, 0.717) is 0 Å². The van der Waals surface area contributed by atoms with E-state index in [1.165, 1.54) is 0 Å². The molecule has 18 nitrogen and oxygen atoms in total. The molecule has 0 radical (unpaired) electrons. The number of carbonyl (C=O) groups is 6. The molecule has 32 heavy (non-hydrogen) atoms. The predicted octanol–water partition coefficient (Wildman–Crippen LogP) is -15.0. The van der Waals surface area contributed by atoms with Crippen LogP contribution in [0.25, 0.3) is 0 Å². The first-order valence-corrected chi connectivity index (χ1v) is 6.81. The zero-order valence-corrected chi connectivity index (χ0v) is 22.4. The molecular formula is C12H16K2O18. The maximum atomic E-state index is 9.77. The topological polar surface area (TPSA) is 351 Å². The van der Waals surface area contributed by atoms with Crippen LogP contribution in [-0.4, -0.2) is 124 Å². The molecule has 0 aliphatic rings. The van der Waals surface area contributed by atoms with Gasteiger partial charge < -0.3 is 70.9 Å².